The van der Waals surface area contributed by atoms with E-state index in [9.17, 15) is 8.78 Å². The number of hydrogen-bond acceptors (Lipinski definition) is 4. The molecule has 0 radical (unpaired) electrons. The highest BCUT2D eigenvalue weighted by molar-refractivity contribution is 5.28. The first-order chi connectivity index (χ1) is 12.2. The van der Waals surface area contributed by atoms with Gasteiger partial charge in [0.2, 0.25) is 0 Å². The van der Waals surface area contributed by atoms with Crippen LogP contribution in [0.3, 0.4) is 0 Å². The molecule has 0 amide bonds. The number of aromatic nitrogens is 1. The van der Waals surface area contributed by atoms with Gasteiger partial charge in [0.1, 0.15) is 5.75 Å². The average molecular weight is 348 g/mol. The smallest absolute Gasteiger partial charge is 0.387 e. The number of alkyl halides is 2. The molecule has 0 aliphatic carbocycles. The van der Waals surface area contributed by atoms with E-state index in [0.717, 1.165) is 43.6 Å². The molecule has 2 heterocycles. The fourth-order valence-corrected chi connectivity index (χ4v) is 3.01. The van der Waals surface area contributed by atoms with Crippen molar-refractivity contribution in [2.24, 2.45) is 0 Å². The minimum atomic E-state index is -2.79. The number of hydrogen-bond donors (Lipinski definition) is 0. The number of piperidine rings is 1. The quantitative estimate of drug-likeness (QED) is 0.761. The molecule has 3 rings (SSSR count). The van der Waals surface area contributed by atoms with Crippen LogP contribution in [-0.2, 0) is 17.9 Å². The van der Waals surface area contributed by atoms with Crippen molar-refractivity contribution in [2.45, 2.75) is 38.7 Å². The molecule has 6 heteroatoms. The Morgan fingerprint density at radius 2 is 1.92 bits per heavy atom. The lowest BCUT2D eigenvalue weighted by atomic mass is 10.1. The monoisotopic (exact) mass is 348 g/mol. The van der Waals surface area contributed by atoms with Gasteiger partial charge in [-0.05, 0) is 42.2 Å². The van der Waals surface area contributed by atoms with Crippen LogP contribution in [0.25, 0.3) is 0 Å². The van der Waals surface area contributed by atoms with Gasteiger partial charge in [-0.1, -0.05) is 18.2 Å². The van der Waals surface area contributed by atoms with Gasteiger partial charge in [-0.2, -0.15) is 8.78 Å². The molecular weight excluding hydrogens is 326 g/mol. The lowest BCUT2D eigenvalue weighted by Gasteiger charge is -2.32. The molecule has 1 aliphatic heterocycles. The van der Waals surface area contributed by atoms with E-state index in [1.54, 1.807) is 24.4 Å². The number of likely N-dealkylation sites (tertiary alicyclic amines) is 1. The third-order valence-corrected chi connectivity index (χ3v) is 4.27. The van der Waals surface area contributed by atoms with E-state index in [1.165, 1.54) is 0 Å². The van der Waals surface area contributed by atoms with Gasteiger partial charge in [0, 0.05) is 32.0 Å². The van der Waals surface area contributed by atoms with Crippen LogP contribution in [0, 0.1) is 0 Å². The Labute approximate surface area is 146 Å². The molecule has 134 valence electrons. The topological polar surface area (TPSA) is 34.6 Å². The predicted octanol–water partition coefficient (Wildman–Crippen LogP) is 3.86. The van der Waals surface area contributed by atoms with Crippen LogP contribution in [-0.4, -0.2) is 35.7 Å². The van der Waals surface area contributed by atoms with Gasteiger partial charge in [0.15, 0.2) is 0 Å². The molecule has 2 aromatic rings. The molecule has 4 nitrogen and oxygen atoms in total. The first-order valence-electron chi connectivity index (χ1n) is 8.45. The van der Waals surface area contributed by atoms with Crippen LogP contribution in [0.2, 0.25) is 0 Å². The number of halogens is 2. The molecule has 0 saturated carbocycles. The summed E-state index contributed by atoms with van der Waals surface area (Å²) in [6.45, 7) is 0.388. The van der Waals surface area contributed by atoms with Crippen molar-refractivity contribution < 1.29 is 18.3 Å². The Hall–Kier alpha value is -2.05. The van der Waals surface area contributed by atoms with Crippen LogP contribution in [0.4, 0.5) is 8.78 Å². The second-order valence-electron chi connectivity index (χ2n) is 6.17. The van der Waals surface area contributed by atoms with Gasteiger partial charge in [-0.25, -0.2) is 0 Å². The normalized spacial score (nSPS) is 16.3. The van der Waals surface area contributed by atoms with Crippen LogP contribution < -0.4 is 4.74 Å². The van der Waals surface area contributed by atoms with E-state index in [-0.39, 0.29) is 11.9 Å². The van der Waals surface area contributed by atoms with Crippen LogP contribution in [0.5, 0.6) is 5.75 Å². The Morgan fingerprint density at radius 3 is 2.64 bits per heavy atom. The summed E-state index contributed by atoms with van der Waals surface area (Å²) in [6, 6.07) is 10.8. The van der Waals surface area contributed by atoms with Gasteiger partial charge < -0.3 is 9.47 Å². The van der Waals surface area contributed by atoms with Gasteiger partial charge in [-0.3, -0.25) is 9.88 Å². The standard InChI is InChI=1S/C19H22F2N2O2/c20-19(21)25-18-5-1-3-15(11-18)13-23-9-6-17(7-10-23)24-14-16-4-2-8-22-12-16/h1-5,8,11-12,17,19H,6-7,9-10,13-14H2. The summed E-state index contributed by atoms with van der Waals surface area (Å²) in [4.78, 5) is 6.40. The van der Waals surface area contributed by atoms with Crippen molar-refractivity contribution in [3.8, 4) is 5.75 Å². The van der Waals surface area contributed by atoms with E-state index in [2.05, 4.69) is 14.6 Å². The van der Waals surface area contributed by atoms with Crippen molar-refractivity contribution >= 4 is 0 Å². The number of rotatable bonds is 7. The van der Waals surface area contributed by atoms with Crippen LogP contribution in [0.1, 0.15) is 24.0 Å². The van der Waals surface area contributed by atoms with Gasteiger partial charge in [-0.15, -0.1) is 0 Å². The summed E-state index contributed by atoms with van der Waals surface area (Å²) in [5, 5.41) is 0. The van der Waals surface area contributed by atoms with Crippen molar-refractivity contribution in [2.75, 3.05) is 13.1 Å². The van der Waals surface area contributed by atoms with E-state index >= 15 is 0 Å². The van der Waals surface area contributed by atoms with E-state index < -0.39 is 6.61 Å². The summed E-state index contributed by atoms with van der Waals surface area (Å²) >= 11 is 0. The van der Waals surface area contributed by atoms with E-state index in [1.807, 2.05) is 24.4 Å². The first-order valence-corrected chi connectivity index (χ1v) is 8.45. The lowest BCUT2D eigenvalue weighted by molar-refractivity contribution is -0.0499. The molecule has 0 atom stereocenters. The molecule has 1 fully saturated rings. The second kappa shape index (κ2) is 8.87. The Balaban J connectivity index is 1.43. The number of nitrogens with zero attached hydrogens (tertiary/aromatic N) is 2. The average Bonchev–Trinajstić information content (AvgIpc) is 2.62. The van der Waals surface area contributed by atoms with Crippen LogP contribution in [0.15, 0.2) is 48.8 Å². The minimum Gasteiger partial charge on any atom is -0.435 e. The maximum absolute atomic E-state index is 12.3. The Kier molecular flexibility index (Phi) is 6.30. The molecule has 25 heavy (non-hydrogen) atoms. The van der Waals surface area contributed by atoms with Crippen molar-refractivity contribution in [1.82, 2.24) is 9.88 Å². The minimum absolute atomic E-state index is 0.210. The van der Waals surface area contributed by atoms with Gasteiger partial charge >= 0.3 is 6.61 Å². The van der Waals surface area contributed by atoms with Crippen LogP contribution >= 0.6 is 0 Å². The molecule has 1 aromatic heterocycles. The van der Waals surface area contributed by atoms with Crippen molar-refractivity contribution in [3.63, 3.8) is 0 Å². The lowest BCUT2D eigenvalue weighted by Crippen LogP contribution is -2.36. The number of ether oxygens (including phenoxy) is 2. The molecule has 1 aliphatic rings. The molecule has 0 bridgehead atoms. The zero-order valence-corrected chi connectivity index (χ0v) is 14.0. The van der Waals surface area contributed by atoms with Crippen molar-refractivity contribution in [3.05, 3.63) is 59.9 Å². The molecule has 1 saturated heterocycles. The summed E-state index contributed by atoms with van der Waals surface area (Å²) in [5.74, 6) is 0.210. The molecule has 0 N–H and O–H groups in total. The fourth-order valence-electron chi connectivity index (χ4n) is 3.01. The Morgan fingerprint density at radius 1 is 1.12 bits per heavy atom. The number of pyridine rings is 1. The highest BCUT2D eigenvalue weighted by Crippen LogP contribution is 2.20. The first kappa shape index (κ1) is 17.8. The van der Waals surface area contributed by atoms with Gasteiger partial charge in [0.05, 0.1) is 12.7 Å². The SMILES string of the molecule is FC(F)Oc1cccc(CN2CCC(OCc3cccnc3)CC2)c1. The summed E-state index contributed by atoms with van der Waals surface area (Å²) in [5.41, 5.74) is 2.06. The molecule has 0 unspecified atom stereocenters. The fraction of sp³-hybridized carbons (Fsp3) is 0.421. The third kappa shape index (κ3) is 5.76. The summed E-state index contributed by atoms with van der Waals surface area (Å²) in [6.07, 6.45) is 5.76. The zero-order valence-electron chi connectivity index (χ0n) is 14.0. The molecule has 0 spiro atoms. The van der Waals surface area contributed by atoms with Crippen molar-refractivity contribution in [1.29, 1.82) is 0 Å². The third-order valence-electron chi connectivity index (χ3n) is 4.27. The Bertz CT molecular complexity index is 647. The highest BCUT2D eigenvalue weighted by Gasteiger charge is 2.20. The second-order valence-corrected chi connectivity index (χ2v) is 6.17. The van der Waals surface area contributed by atoms with E-state index in [4.69, 9.17) is 4.74 Å². The predicted molar refractivity (Wildman–Crippen MR) is 90.4 cm³/mol. The van der Waals surface area contributed by atoms with E-state index in [0.29, 0.717) is 6.61 Å². The maximum atomic E-state index is 12.3. The van der Waals surface area contributed by atoms with Gasteiger partial charge in [0.25, 0.3) is 0 Å². The number of benzene rings is 1. The highest BCUT2D eigenvalue weighted by atomic mass is 19.3. The summed E-state index contributed by atoms with van der Waals surface area (Å²) in [7, 11) is 0. The molecular formula is C19H22F2N2O2. The largest absolute Gasteiger partial charge is 0.435 e. The summed E-state index contributed by atoms with van der Waals surface area (Å²) < 4.78 is 35.0. The zero-order chi connectivity index (χ0) is 17.5. The molecule has 1 aromatic carbocycles. The maximum Gasteiger partial charge on any atom is 0.387 e.